The van der Waals surface area contributed by atoms with E-state index < -0.39 is 0 Å². The van der Waals surface area contributed by atoms with E-state index in [1.165, 1.54) is 16.7 Å². The van der Waals surface area contributed by atoms with Crippen molar-refractivity contribution in [2.45, 2.75) is 58.2 Å². The van der Waals surface area contributed by atoms with Gasteiger partial charge in [0.05, 0.1) is 18.2 Å². The maximum atomic E-state index is 12.6. The van der Waals surface area contributed by atoms with E-state index in [1.807, 2.05) is 11.8 Å². The monoisotopic (exact) mass is 302 g/mol. The quantitative estimate of drug-likeness (QED) is 0.910. The van der Waals surface area contributed by atoms with Gasteiger partial charge in [-0.05, 0) is 56.7 Å². The summed E-state index contributed by atoms with van der Waals surface area (Å²) in [5, 5.41) is 3.16. The summed E-state index contributed by atoms with van der Waals surface area (Å²) < 4.78 is 5.54. The van der Waals surface area contributed by atoms with Crippen LogP contribution < -0.4 is 5.32 Å². The minimum absolute atomic E-state index is 0.0584. The molecule has 2 aliphatic heterocycles. The second-order valence-electron chi connectivity index (χ2n) is 6.62. The van der Waals surface area contributed by atoms with Crippen molar-refractivity contribution in [1.29, 1.82) is 0 Å². The molecule has 2 amide bonds. The Morgan fingerprint density at radius 2 is 2.09 bits per heavy atom. The van der Waals surface area contributed by atoms with Crippen molar-refractivity contribution in [3.8, 4) is 0 Å². The molecule has 2 heterocycles. The van der Waals surface area contributed by atoms with Crippen LogP contribution in [-0.2, 0) is 4.74 Å². The maximum absolute atomic E-state index is 12.6. The molecule has 0 aromatic heterocycles. The molecule has 1 aromatic rings. The predicted molar refractivity (Wildman–Crippen MR) is 86.9 cm³/mol. The standard InChI is InChI=1S/C18H26N2O2/c1-12-6-7-15(11-13(12)2)17-5-4-9-20(17)18(21)19-16-8-10-22-14(16)3/h6-7,11,14,16-17H,4-5,8-10H2,1-3H3,(H,19,21)/t14-,16-,17-/m0/s1. The first-order chi connectivity index (χ1) is 10.6. The molecule has 0 bridgehead atoms. The molecular weight excluding hydrogens is 276 g/mol. The van der Waals surface area contributed by atoms with Crippen molar-refractivity contribution in [3.63, 3.8) is 0 Å². The fraction of sp³-hybridized carbons (Fsp3) is 0.611. The van der Waals surface area contributed by atoms with E-state index in [9.17, 15) is 4.79 Å². The van der Waals surface area contributed by atoms with E-state index in [2.05, 4.69) is 37.4 Å². The molecule has 1 N–H and O–H groups in total. The number of benzene rings is 1. The molecule has 0 spiro atoms. The van der Waals surface area contributed by atoms with E-state index >= 15 is 0 Å². The number of hydrogen-bond acceptors (Lipinski definition) is 2. The lowest BCUT2D eigenvalue weighted by Crippen LogP contribution is -2.46. The molecule has 2 aliphatic rings. The lowest BCUT2D eigenvalue weighted by molar-refractivity contribution is 0.111. The number of likely N-dealkylation sites (tertiary alicyclic amines) is 1. The van der Waals surface area contributed by atoms with Crippen LogP contribution in [0.15, 0.2) is 18.2 Å². The molecular formula is C18H26N2O2. The summed E-state index contributed by atoms with van der Waals surface area (Å²) in [5.74, 6) is 0. The van der Waals surface area contributed by atoms with Crippen LogP contribution in [0, 0.1) is 13.8 Å². The Hall–Kier alpha value is -1.55. The van der Waals surface area contributed by atoms with Gasteiger partial charge < -0.3 is 15.0 Å². The first-order valence-corrected chi connectivity index (χ1v) is 8.32. The number of carbonyl (C=O) groups excluding carboxylic acids is 1. The highest BCUT2D eigenvalue weighted by Crippen LogP contribution is 2.33. The van der Waals surface area contributed by atoms with E-state index in [0.29, 0.717) is 0 Å². The number of ether oxygens (including phenoxy) is 1. The summed E-state index contributed by atoms with van der Waals surface area (Å²) in [6, 6.07) is 6.96. The third kappa shape index (κ3) is 2.98. The van der Waals surface area contributed by atoms with Gasteiger partial charge in [0, 0.05) is 13.2 Å². The first kappa shape index (κ1) is 15.3. The molecule has 3 atom stereocenters. The van der Waals surface area contributed by atoms with Crippen LogP contribution in [0.2, 0.25) is 0 Å². The number of hydrogen-bond donors (Lipinski definition) is 1. The fourth-order valence-corrected chi connectivity index (χ4v) is 3.49. The van der Waals surface area contributed by atoms with Crippen LogP contribution in [-0.4, -0.2) is 36.2 Å². The van der Waals surface area contributed by atoms with Gasteiger partial charge in [-0.1, -0.05) is 18.2 Å². The molecule has 22 heavy (non-hydrogen) atoms. The molecule has 0 radical (unpaired) electrons. The molecule has 2 fully saturated rings. The molecule has 0 unspecified atom stereocenters. The number of amides is 2. The third-order valence-electron chi connectivity index (χ3n) is 5.11. The molecule has 2 saturated heterocycles. The second kappa shape index (κ2) is 6.29. The van der Waals surface area contributed by atoms with Gasteiger partial charge in [0.2, 0.25) is 0 Å². The highest BCUT2D eigenvalue weighted by Gasteiger charge is 2.33. The van der Waals surface area contributed by atoms with E-state index in [-0.39, 0.29) is 24.2 Å². The van der Waals surface area contributed by atoms with Crippen molar-refractivity contribution < 1.29 is 9.53 Å². The minimum Gasteiger partial charge on any atom is -0.376 e. The number of nitrogens with one attached hydrogen (secondary N) is 1. The average Bonchev–Trinajstić information content (AvgIpc) is 3.12. The summed E-state index contributed by atoms with van der Waals surface area (Å²) in [7, 11) is 0. The molecule has 1 aromatic carbocycles. The number of rotatable bonds is 2. The van der Waals surface area contributed by atoms with Crippen LogP contribution in [0.25, 0.3) is 0 Å². The van der Waals surface area contributed by atoms with Crippen LogP contribution in [0.5, 0.6) is 0 Å². The van der Waals surface area contributed by atoms with Crippen LogP contribution >= 0.6 is 0 Å². The van der Waals surface area contributed by atoms with Crippen LogP contribution in [0.1, 0.15) is 48.9 Å². The minimum atomic E-state index is 0.0584. The van der Waals surface area contributed by atoms with Crippen LogP contribution in [0.4, 0.5) is 4.79 Å². The zero-order valence-corrected chi connectivity index (χ0v) is 13.8. The van der Waals surface area contributed by atoms with Gasteiger partial charge >= 0.3 is 6.03 Å². The van der Waals surface area contributed by atoms with E-state index in [0.717, 1.165) is 32.4 Å². The Balaban J connectivity index is 1.72. The number of aryl methyl sites for hydroxylation is 2. The van der Waals surface area contributed by atoms with Gasteiger partial charge in [-0.2, -0.15) is 0 Å². The largest absolute Gasteiger partial charge is 0.376 e. The first-order valence-electron chi connectivity index (χ1n) is 8.32. The zero-order valence-electron chi connectivity index (χ0n) is 13.8. The molecule has 4 heteroatoms. The average molecular weight is 302 g/mol. The van der Waals surface area contributed by atoms with Gasteiger partial charge in [0.15, 0.2) is 0 Å². The summed E-state index contributed by atoms with van der Waals surface area (Å²) >= 11 is 0. The zero-order chi connectivity index (χ0) is 15.7. The van der Waals surface area contributed by atoms with Gasteiger partial charge in [-0.15, -0.1) is 0 Å². The Labute approximate surface area is 132 Å². The smallest absolute Gasteiger partial charge is 0.318 e. The van der Waals surface area contributed by atoms with Gasteiger partial charge in [0.25, 0.3) is 0 Å². The molecule has 0 saturated carbocycles. The van der Waals surface area contributed by atoms with Gasteiger partial charge in [-0.25, -0.2) is 4.79 Å². The van der Waals surface area contributed by atoms with Crippen molar-refractivity contribution >= 4 is 6.03 Å². The van der Waals surface area contributed by atoms with Gasteiger partial charge in [0.1, 0.15) is 0 Å². The topological polar surface area (TPSA) is 41.6 Å². The third-order valence-corrected chi connectivity index (χ3v) is 5.11. The van der Waals surface area contributed by atoms with Crippen LogP contribution in [0.3, 0.4) is 0 Å². The van der Waals surface area contributed by atoms with Crippen molar-refractivity contribution in [3.05, 3.63) is 34.9 Å². The molecule has 120 valence electrons. The van der Waals surface area contributed by atoms with Crippen molar-refractivity contribution in [1.82, 2.24) is 10.2 Å². The molecule has 0 aliphatic carbocycles. The SMILES string of the molecule is Cc1ccc([C@@H]2CCCN2C(=O)N[C@H]2CCO[C@H]2C)cc1C. The fourth-order valence-electron chi connectivity index (χ4n) is 3.49. The lowest BCUT2D eigenvalue weighted by Gasteiger charge is -2.28. The van der Waals surface area contributed by atoms with E-state index in [1.54, 1.807) is 0 Å². The Bertz CT molecular complexity index is 558. The number of nitrogens with zero attached hydrogens (tertiary/aromatic N) is 1. The number of urea groups is 1. The van der Waals surface area contributed by atoms with Gasteiger partial charge in [-0.3, -0.25) is 0 Å². The maximum Gasteiger partial charge on any atom is 0.318 e. The predicted octanol–water partition coefficient (Wildman–Crippen LogP) is 3.33. The lowest BCUT2D eigenvalue weighted by atomic mass is 9.99. The second-order valence-corrected chi connectivity index (χ2v) is 6.62. The Kier molecular flexibility index (Phi) is 4.39. The number of carbonyl (C=O) groups is 1. The summed E-state index contributed by atoms with van der Waals surface area (Å²) in [4.78, 5) is 14.6. The molecule has 3 rings (SSSR count). The summed E-state index contributed by atoms with van der Waals surface area (Å²) in [6.07, 6.45) is 3.15. The molecule has 4 nitrogen and oxygen atoms in total. The van der Waals surface area contributed by atoms with Crippen molar-refractivity contribution in [2.75, 3.05) is 13.2 Å². The van der Waals surface area contributed by atoms with Crippen molar-refractivity contribution in [2.24, 2.45) is 0 Å². The summed E-state index contributed by atoms with van der Waals surface area (Å²) in [5.41, 5.74) is 3.85. The Morgan fingerprint density at radius 1 is 1.27 bits per heavy atom. The van der Waals surface area contributed by atoms with E-state index in [4.69, 9.17) is 4.74 Å². The highest BCUT2D eigenvalue weighted by atomic mass is 16.5. The highest BCUT2D eigenvalue weighted by molar-refractivity contribution is 5.75. The summed E-state index contributed by atoms with van der Waals surface area (Å²) in [6.45, 7) is 7.87. The Morgan fingerprint density at radius 3 is 2.77 bits per heavy atom. The normalized spacial score (nSPS) is 28.1.